The second-order valence-corrected chi connectivity index (χ2v) is 7.83. The van der Waals surface area contributed by atoms with Crippen molar-refractivity contribution in [3.8, 4) is 0 Å². The van der Waals surface area contributed by atoms with Crippen LogP contribution in [0.5, 0.6) is 0 Å². The maximum Gasteiger partial charge on any atom is 0.243 e. The quantitative estimate of drug-likeness (QED) is 0.928. The number of carbonyl (C=O) groups is 1. The number of benzene rings is 1. The number of carbonyl (C=O) groups excluding carboxylic acids is 1. The maximum absolute atomic E-state index is 12.9. The predicted octanol–water partition coefficient (Wildman–Crippen LogP) is 3.85. The van der Waals surface area contributed by atoms with Crippen molar-refractivity contribution in [2.24, 2.45) is 17.8 Å². The van der Waals surface area contributed by atoms with Crippen molar-refractivity contribution in [2.75, 3.05) is 0 Å². The van der Waals surface area contributed by atoms with Gasteiger partial charge in [0.05, 0.1) is 11.0 Å². The molecule has 0 saturated heterocycles. The number of aryl methyl sites for hydroxylation is 1. The molecule has 4 rings (SSSR count). The minimum atomic E-state index is -0.238. The zero-order chi connectivity index (χ0) is 16.8. The second kappa shape index (κ2) is 5.91. The second-order valence-electron chi connectivity index (χ2n) is 7.83. The fraction of sp³-hybridized carbons (Fsp3) is 0.600. The van der Waals surface area contributed by atoms with Gasteiger partial charge in [0.1, 0.15) is 11.9 Å². The van der Waals surface area contributed by atoms with Crippen molar-refractivity contribution in [3.05, 3.63) is 30.1 Å². The highest BCUT2D eigenvalue weighted by molar-refractivity contribution is 5.84. The van der Waals surface area contributed by atoms with Gasteiger partial charge in [-0.2, -0.15) is 0 Å². The molecule has 4 heteroatoms. The van der Waals surface area contributed by atoms with E-state index in [1.165, 1.54) is 25.7 Å². The van der Waals surface area contributed by atoms with Gasteiger partial charge in [0, 0.05) is 6.04 Å². The fourth-order valence-corrected chi connectivity index (χ4v) is 5.13. The molecule has 4 nitrogen and oxygen atoms in total. The third kappa shape index (κ3) is 2.52. The van der Waals surface area contributed by atoms with Crippen LogP contribution >= 0.6 is 0 Å². The topological polar surface area (TPSA) is 46.9 Å². The molecule has 1 aromatic carbocycles. The Morgan fingerprint density at radius 2 is 2.04 bits per heavy atom. The van der Waals surface area contributed by atoms with Crippen LogP contribution in [0.15, 0.2) is 24.3 Å². The Labute approximate surface area is 143 Å². The van der Waals surface area contributed by atoms with Gasteiger partial charge in [0.25, 0.3) is 0 Å². The van der Waals surface area contributed by atoms with E-state index in [-0.39, 0.29) is 18.0 Å². The molecule has 0 unspecified atom stereocenters. The van der Waals surface area contributed by atoms with Gasteiger partial charge in [-0.25, -0.2) is 4.98 Å². The van der Waals surface area contributed by atoms with Crippen LogP contribution in [0.25, 0.3) is 11.0 Å². The number of nitrogens with one attached hydrogen (secondary N) is 1. The summed E-state index contributed by atoms with van der Waals surface area (Å²) in [6.45, 7) is 6.14. The zero-order valence-corrected chi connectivity index (χ0v) is 14.8. The monoisotopic (exact) mass is 325 g/mol. The van der Waals surface area contributed by atoms with E-state index < -0.39 is 0 Å². The smallest absolute Gasteiger partial charge is 0.243 e. The molecule has 24 heavy (non-hydrogen) atoms. The first kappa shape index (κ1) is 15.7. The van der Waals surface area contributed by atoms with E-state index in [9.17, 15) is 4.79 Å². The van der Waals surface area contributed by atoms with E-state index in [1.54, 1.807) is 0 Å². The zero-order valence-electron chi connectivity index (χ0n) is 14.8. The summed E-state index contributed by atoms with van der Waals surface area (Å²) in [6, 6.07) is 8.06. The van der Waals surface area contributed by atoms with Crippen molar-refractivity contribution >= 4 is 16.9 Å². The first-order valence-corrected chi connectivity index (χ1v) is 9.28. The van der Waals surface area contributed by atoms with Crippen LogP contribution in [0.4, 0.5) is 0 Å². The van der Waals surface area contributed by atoms with E-state index >= 15 is 0 Å². The number of aromatic nitrogens is 2. The lowest BCUT2D eigenvalue weighted by Gasteiger charge is -2.29. The Bertz CT molecular complexity index is 765. The van der Waals surface area contributed by atoms with Gasteiger partial charge in [-0.15, -0.1) is 0 Å². The van der Waals surface area contributed by atoms with Gasteiger partial charge in [-0.1, -0.05) is 18.6 Å². The number of para-hydroxylation sites is 2. The van der Waals surface area contributed by atoms with E-state index in [0.29, 0.717) is 5.92 Å². The van der Waals surface area contributed by atoms with Crippen LogP contribution in [0, 0.1) is 24.7 Å². The van der Waals surface area contributed by atoms with Crippen molar-refractivity contribution in [3.63, 3.8) is 0 Å². The molecular formula is C20H27N3O. The largest absolute Gasteiger partial charge is 0.352 e. The molecule has 2 aliphatic rings. The van der Waals surface area contributed by atoms with Crippen LogP contribution in [-0.4, -0.2) is 21.5 Å². The lowest BCUT2D eigenvalue weighted by molar-refractivity contribution is -0.124. The molecular weight excluding hydrogens is 298 g/mol. The molecule has 1 aromatic heterocycles. The van der Waals surface area contributed by atoms with Crippen molar-refractivity contribution in [2.45, 2.75) is 58.5 Å². The van der Waals surface area contributed by atoms with Crippen LogP contribution in [-0.2, 0) is 4.79 Å². The lowest BCUT2D eigenvalue weighted by atomic mass is 9.84. The number of rotatable bonds is 4. The van der Waals surface area contributed by atoms with Crippen molar-refractivity contribution in [1.29, 1.82) is 0 Å². The van der Waals surface area contributed by atoms with Crippen LogP contribution in [0.3, 0.4) is 0 Å². The highest BCUT2D eigenvalue weighted by atomic mass is 16.2. The summed E-state index contributed by atoms with van der Waals surface area (Å²) in [6.07, 6.45) is 5.44. The third-order valence-electron chi connectivity index (χ3n) is 6.34. The average molecular weight is 325 g/mol. The summed E-state index contributed by atoms with van der Waals surface area (Å²) in [5.74, 6) is 3.41. The normalized spacial score (nSPS) is 28.2. The van der Waals surface area contributed by atoms with Gasteiger partial charge < -0.3 is 9.88 Å². The molecule has 2 fully saturated rings. The van der Waals surface area contributed by atoms with Gasteiger partial charge in [-0.3, -0.25) is 4.79 Å². The van der Waals surface area contributed by atoms with E-state index in [2.05, 4.69) is 21.8 Å². The molecule has 128 valence electrons. The number of hydrogen-bond donors (Lipinski definition) is 1. The van der Waals surface area contributed by atoms with Gasteiger partial charge >= 0.3 is 0 Å². The summed E-state index contributed by atoms with van der Waals surface area (Å²) >= 11 is 0. The average Bonchev–Trinajstić information content (AvgIpc) is 3.26. The molecule has 5 atom stereocenters. The number of amides is 1. The highest BCUT2D eigenvalue weighted by Crippen LogP contribution is 2.49. The van der Waals surface area contributed by atoms with E-state index in [1.807, 2.05) is 38.1 Å². The molecule has 2 aromatic rings. The molecule has 2 saturated carbocycles. The Morgan fingerprint density at radius 1 is 1.25 bits per heavy atom. The molecule has 1 N–H and O–H groups in total. The number of nitrogens with zero attached hydrogens (tertiary/aromatic N) is 2. The van der Waals surface area contributed by atoms with Gasteiger partial charge in [0.2, 0.25) is 5.91 Å². The minimum absolute atomic E-state index is 0.108. The minimum Gasteiger partial charge on any atom is -0.352 e. The summed E-state index contributed by atoms with van der Waals surface area (Å²) < 4.78 is 2.05. The molecule has 1 heterocycles. The molecule has 0 aliphatic heterocycles. The van der Waals surface area contributed by atoms with Gasteiger partial charge in [-0.05, 0) is 69.9 Å². The molecule has 2 bridgehead atoms. The summed E-state index contributed by atoms with van der Waals surface area (Å²) in [7, 11) is 0. The fourth-order valence-electron chi connectivity index (χ4n) is 5.13. The van der Waals surface area contributed by atoms with E-state index in [0.717, 1.165) is 28.7 Å². The maximum atomic E-state index is 12.9. The molecule has 0 radical (unpaired) electrons. The Kier molecular flexibility index (Phi) is 3.86. The SMILES string of the molecule is Cc1nc2ccccc2n1[C@H](C)C(=O)N[C@H](C)[C@@H]1C[C@H]2CC[C@H]1C2. The van der Waals surface area contributed by atoms with E-state index in [4.69, 9.17) is 0 Å². The van der Waals surface area contributed by atoms with Gasteiger partial charge in [0.15, 0.2) is 0 Å². The molecule has 0 spiro atoms. The summed E-state index contributed by atoms with van der Waals surface area (Å²) in [5, 5.41) is 3.30. The first-order chi connectivity index (χ1) is 11.5. The Morgan fingerprint density at radius 3 is 2.75 bits per heavy atom. The first-order valence-electron chi connectivity index (χ1n) is 9.28. The summed E-state index contributed by atoms with van der Waals surface area (Å²) in [4.78, 5) is 17.4. The Balaban J connectivity index is 1.50. The third-order valence-corrected chi connectivity index (χ3v) is 6.34. The molecule has 1 amide bonds. The molecule has 2 aliphatic carbocycles. The van der Waals surface area contributed by atoms with Crippen molar-refractivity contribution in [1.82, 2.24) is 14.9 Å². The number of hydrogen-bond acceptors (Lipinski definition) is 2. The number of imidazole rings is 1. The number of fused-ring (bicyclic) bond motifs is 3. The van der Waals surface area contributed by atoms with Crippen LogP contribution < -0.4 is 5.32 Å². The summed E-state index contributed by atoms with van der Waals surface area (Å²) in [5.41, 5.74) is 1.99. The highest BCUT2D eigenvalue weighted by Gasteiger charge is 2.42. The van der Waals surface area contributed by atoms with Crippen molar-refractivity contribution < 1.29 is 4.79 Å². The van der Waals surface area contributed by atoms with Crippen LogP contribution in [0.2, 0.25) is 0 Å². The van der Waals surface area contributed by atoms with Crippen LogP contribution in [0.1, 0.15) is 51.4 Å². The predicted molar refractivity (Wildman–Crippen MR) is 95.7 cm³/mol. The Hall–Kier alpha value is -1.84. The lowest BCUT2D eigenvalue weighted by Crippen LogP contribution is -2.43. The standard InChI is InChI=1S/C20H27N3O/c1-12(17-11-15-8-9-16(17)10-15)21-20(24)13(2)23-14(3)22-18-6-4-5-7-19(18)23/h4-7,12-13,15-17H,8-11H2,1-3H3,(H,21,24)/t12-,13-,15+,16+,17+/m1/s1.